The van der Waals surface area contributed by atoms with Gasteiger partial charge in [-0.15, -0.1) is 0 Å². The van der Waals surface area contributed by atoms with Crippen LogP contribution in [0.1, 0.15) is 31.9 Å². The van der Waals surface area contributed by atoms with Gasteiger partial charge in [0.05, 0.1) is 29.8 Å². The minimum absolute atomic E-state index is 0.0259. The number of halogens is 2. The molecule has 1 amide bonds. The second kappa shape index (κ2) is 10.5. The Hall–Kier alpha value is -1.86. The SMILES string of the molecule is CCOc1cc(/C=N\NC(=O)Cc2ccc(Br)cc2)cc(Br)c1OC(C)C. The highest BCUT2D eigenvalue weighted by Crippen LogP contribution is 2.37. The van der Waals surface area contributed by atoms with Crippen molar-refractivity contribution in [3.05, 3.63) is 56.5 Å². The zero-order chi connectivity index (χ0) is 19.8. The van der Waals surface area contributed by atoms with Crippen molar-refractivity contribution in [2.24, 2.45) is 5.10 Å². The molecule has 7 heteroatoms. The van der Waals surface area contributed by atoms with Gasteiger partial charge in [-0.3, -0.25) is 4.79 Å². The van der Waals surface area contributed by atoms with E-state index in [1.165, 1.54) is 0 Å². The number of carbonyl (C=O) groups excluding carboxylic acids is 1. The highest BCUT2D eigenvalue weighted by atomic mass is 79.9. The summed E-state index contributed by atoms with van der Waals surface area (Å²) in [6.45, 7) is 6.35. The molecule has 2 aromatic carbocycles. The number of ether oxygens (including phenoxy) is 2. The molecule has 0 atom stereocenters. The number of hydrogen-bond donors (Lipinski definition) is 1. The van der Waals surface area contributed by atoms with Crippen LogP contribution in [-0.2, 0) is 11.2 Å². The van der Waals surface area contributed by atoms with Crippen LogP contribution in [0.25, 0.3) is 0 Å². The minimum atomic E-state index is -0.183. The van der Waals surface area contributed by atoms with Crippen molar-refractivity contribution >= 4 is 44.0 Å². The number of amides is 1. The first kappa shape index (κ1) is 21.4. The summed E-state index contributed by atoms with van der Waals surface area (Å²) in [5.41, 5.74) is 4.25. The number of nitrogens with one attached hydrogen (secondary N) is 1. The number of benzene rings is 2. The Kier molecular flexibility index (Phi) is 8.31. The largest absolute Gasteiger partial charge is 0.490 e. The van der Waals surface area contributed by atoms with Gasteiger partial charge in [-0.1, -0.05) is 28.1 Å². The van der Waals surface area contributed by atoms with Crippen LogP contribution >= 0.6 is 31.9 Å². The summed E-state index contributed by atoms with van der Waals surface area (Å²) in [5.74, 6) is 1.10. The van der Waals surface area contributed by atoms with Crippen LogP contribution in [0.15, 0.2) is 50.4 Å². The first-order valence-corrected chi connectivity index (χ1v) is 10.2. The maximum atomic E-state index is 12.0. The van der Waals surface area contributed by atoms with E-state index in [4.69, 9.17) is 9.47 Å². The molecule has 0 aliphatic rings. The third-order valence-electron chi connectivity index (χ3n) is 3.37. The number of carbonyl (C=O) groups is 1. The smallest absolute Gasteiger partial charge is 0.244 e. The summed E-state index contributed by atoms with van der Waals surface area (Å²) in [4.78, 5) is 12.0. The Labute approximate surface area is 176 Å². The number of hydrazone groups is 1. The molecule has 0 aromatic heterocycles. The van der Waals surface area contributed by atoms with Gasteiger partial charge in [0, 0.05) is 4.47 Å². The normalized spacial score (nSPS) is 11.0. The zero-order valence-electron chi connectivity index (χ0n) is 15.5. The lowest BCUT2D eigenvalue weighted by molar-refractivity contribution is -0.120. The van der Waals surface area contributed by atoms with E-state index in [0.717, 1.165) is 20.1 Å². The van der Waals surface area contributed by atoms with Crippen LogP contribution in [-0.4, -0.2) is 24.8 Å². The van der Waals surface area contributed by atoms with Crippen molar-refractivity contribution < 1.29 is 14.3 Å². The van der Waals surface area contributed by atoms with Gasteiger partial charge in [-0.05, 0) is 72.1 Å². The molecule has 0 radical (unpaired) electrons. The average Bonchev–Trinajstić information content (AvgIpc) is 2.60. The Morgan fingerprint density at radius 1 is 1.22 bits per heavy atom. The lowest BCUT2D eigenvalue weighted by atomic mass is 10.1. The lowest BCUT2D eigenvalue weighted by Crippen LogP contribution is -2.19. The van der Waals surface area contributed by atoms with Gasteiger partial charge in [-0.25, -0.2) is 5.43 Å². The van der Waals surface area contributed by atoms with Crippen molar-refractivity contribution in [2.75, 3.05) is 6.61 Å². The minimum Gasteiger partial charge on any atom is -0.490 e. The van der Waals surface area contributed by atoms with Crippen molar-refractivity contribution in [3.8, 4) is 11.5 Å². The molecular formula is C20H22Br2N2O3. The van der Waals surface area contributed by atoms with E-state index in [0.29, 0.717) is 18.1 Å². The molecule has 0 aliphatic heterocycles. The highest BCUT2D eigenvalue weighted by molar-refractivity contribution is 9.10. The van der Waals surface area contributed by atoms with Crippen molar-refractivity contribution in [3.63, 3.8) is 0 Å². The van der Waals surface area contributed by atoms with Gasteiger partial charge in [0.1, 0.15) is 0 Å². The molecule has 2 rings (SSSR count). The quantitative estimate of drug-likeness (QED) is 0.408. The van der Waals surface area contributed by atoms with Crippen molar-refractivity contribution in [2.45, 2.75) is 33.3 Å². The second-order valence-electron chi connectivity index (χ2n) is 6.03. The monoisotopic (exact) mass is 496 g/mol. The van der Waals surface area contributed by atoms with E-state index in [1.54, 1.807) is 6.21 Å². The van der Waals surface area contributed by atoms with E-state index >= 15 is 0 Å². The van der Waals surface area contributed by atoms with Gasteiger partial charge in [-0.2, -0.15) is 5.10 Å². The van der Waals surface area contributed by atoms with Crippen LogP contribution in [0.5, 0.6) is 11.5 Å². The summed E-state index contributed by atoms with van der Waals surface area (Å²) in [7, 11) is 0. The highest BCUT2D eigenvalue weighted by Gasteiger charge is 2.13. The van der Waals surface area contributed by atoms with E-state index in [9.17, 15) is 4.79 Å². The fourth-order valence-corrected chi connectivity index (χ4v) is 3.10. The predicted octanol–water partition coefficient (Wildman–Crippen LogP) is 5.09. The Morgan fingerprint density at radius 3 is 2.56 bits per heavy atom. The summed E-state index contributed by atoms with van der Waals surface area (Å²) in [5, 5.41) is 4.04. The maximum Gasteiger partial charge on any atom is 0.244 e. The van der Waals surface area contributed by atoms with Gasteiger partial charge in [0.25, 0.3) is 0 Å². The predicted molar refractivity (Wildman–Crippen MR) is 115 cm³/mol. The number of hydrogen-bond acceptors (Lipinski definition) is 4. The van der Waals surface area contributed by atoms with Gasteiger partial charge in [0.15, 0.2) is 11.5 Å². The average molecular weight is 498 g/mol. The van der Waals surface area contributed by atoms with E-state index in [-0.39, 0.29) is 18.4 Å². The molecule has 0 unspecified atom stereocenters. The molecule has 0 bridgehead atoms. The Morgan fingerprint density at radius 2 is 1.93 bits per heavy atom. The van der Waals surface area contributed by atoms with Crippen molar-refractivity contribution in [1.29, 1.82) is 0 Å². The first-order chi connectivity index (χ1) is 12.9. The molecule has 0 heterocycles. The topological polar surface area (TPSA) is 59.9 Å². The zero-order valence-corrected chi connectivity index (χ0v) is 18.6. The molecule has 0 saturated heterocycles. The molecule has 0 spiro atoms. The number of rotatable bonds is 8. The first-order valence-electron chi connectivity index (χ1n) is 8.58. The summed E-state index contributed by atoms with van der Waals surface area (Å²) >= 11 is 6.88. The third kappa shape index (κ3) is 6.99. The maximum absolute atomic E-state index is 12.0. The molecule has 1 N–H and O–H groups in total. The van der Waals surface area contributed by atoms with Gasteiger partial charge < -0.3 is 9.47 Å². The molecule has 27 heavy (non-hydrogen) atoms. The van der Waals surface area contributed by atoms with Crippen molar-refractivity contribution in [1.82, 2.24) is 5.43 Å². The molecular weight excluding hydrogens is 476 g/mol. The fourth-order valence-electron chi connectivity index (χ4n) is 2.28. The molecule has 0 aliphatic carbocycles. The molecule has 0 fully saturated rings. The fraction of sp³-hybridized carbons (Fsp3) is 0.300. The summed E-state index contributed by atoms with van der Waals surface area (Å²) in [6, 6.07) is 11.3. The van der Waals surface area contributed by atoms with Crippen LogP contribution in [0.3, 0.4) is 0 Å². The summed E-state index contributed by atoms with van der Waals surface area (Å²) in [6.07, 6.45) is 1.86. The molecule has 144 valence electrons. The lowest BCUT2D eigenvalue weighted by Gasteiger charge is -2.16. The third-order valence-corrected chi connectivity index (χ3v) is 4.48. The van der Waals surface area contributed by atoms with Crippen LogP contribution in [0.4, 0.5) is 0 Å². The standard InChI is InChI=1S/C20H22Br2N2O3/c1-4-26-18-10-15(9-17(22)20(18)27-13(2)3)12-23-24-19(25)11-14-5-7-16(21)8-6-14/h5-10,12-13H,4,11H2,1-3H3,(H,24,25)/b23-12-. The Balaban J connectivity index is 2.04. The van der Waals surface area contributed by atoms with Gasteiger partial charge in [0.2, 0.25) is 5.91 Å². The van der Waals surface area contributed by atoms with Gasteiger partial charge >= 0.3 is 0 Å². The van der Waals surface area contributed by atoms with E-state index < -0.39 is 0 Å². The second-order valence-corrected chi connectivity index (χ2v) is 7.80. The number of nitrogens with zero attached hydrogens (tertiary/aromatic N) is 1. The Bertz CT molecular complexity index is 806. The van der Waals surface area contributed by atoms with Crippen LogP contribution in [0, 0.1) is 0 Å². The molecule has 5 nitrogen and oxygen atoms in total. The summed E-state index contributed by atoms with van der Waals surface area (Å²) < 4.78 is 13.2. The van der Waals surface area contributed by atoms with Crippen LogP contribution < -0.4 is 14.9 Å². The molecule has 0 saturated carbocycles. The van der Waals surface area contributed by atoms with Crippen LogP contribution in [0.2, 0.25) is 0 Å². The van der Waals surface area contributed by atoms with E-state index in [1.807, 2.05) is 57.2 Å². The molecule has 2 aromatic rings. The van der Waals surface area contributed by atoms with E-state index in [2.05, 4.69) is 42.4 Å².